The van der Waals surface area contributed by atoms with Crippen molar-refractivity contribution in [2.75, 3.05) is 6.54 Å². The summed E-state index contributed by atoms with van der Waals surface area (Å²) in [4.78, 5) is 4.46. The maximum Gasteiger partial charge on any atom is 0.105 e. The number of nitrogens with zero attached hydrogens (tertiary/aromatic N) is 1. The second kappa shape index (κ2) is 6.71. The van der Waals surface area contributed by atoms with Crippen LogP contribution in [0.4, 0.5) is 0 Å². The molecule has 0 saturated carbocycles. The maximum atomic E-state index is 5.41. The second-order valence-electron chi connectivity index (χ2n) is 4.19. The summed E-state index contributed by atoms with van der Waals surface area (Å²) in [7, 11) is 0. The molecule has 1 N–H and O–H groups in total. The first-order valence-electron chi connectivity index (χ1n) is 6.17. The zero-order valence-corrected chi connectivity index (χ0v) is 12.0. The van der Waals surface area contributed by atoms with Crippen LogP contribution in [-0.4, -0.2) is 11.5 Å². The van der Waals surface area contributed by atoms with E-state index in [4.69, 9.17) is 4.42 Å². The molecule has 0 aromatic carbocycles. The number of pyridine rings is 1. The summed E-state index contributed by atoms with van der Waals surface area (Å²) in [6, 6.07) is 8.18. The van der Waals surface area contributed by atoms with Crippen molar-refractivity contribution >= 4 is 15.9 Å². The van der Waals surface area contributed by atoms with Crippen molar-refractivity contribution in [2.24, 2.45) is 0 Å². The fraction of sp³-hybridized carbons (Fsp3) is 0.357. The van der Waals surface area contributed by atoms with Crippen molar-refractivity contribution in [3.8, 4) is 0 Å². The van der Waals surface area contributed by atoms with Gasteiger partial charge in [-0.15, -0.1) is 0 Å². The Kier molecular flexibility index (Phi) is 4.96. The third-order valence-corrected chi connectivity index (χ3v) is 3.20. The molecular formula is C14H17BrN2O. The van der Waals surface area contributed by atoms with E-state index in [9.17, 15) is 0 Å². The molecule has 0 radical (unpaired) electrons. The molecule has 18 heavy (non-hydrogen) atoms. The zero-order valence-electron chi connectivity index (χ0n) is 10.4. The molecule has 0 amide bonds. The summed E-state index contributed by atoms with van der Waals surface area (Å²) < 4.78 is 6.41. The van der Waals surface area contributed by atoms with Crippen LogP contribution < -0.4 is 5.32 Å². The van der Waals surface area contributed by atoms with E-state index in [1.807, 2.05) is 30.5 Å². The molecule has 0 aliphatic rings. The van der Waals surface area contributed by atoms with Gasteiger partial charge in [0, 0.05) is 17.1 Å². The van der Waals surface area contributed by atoms with Crippen LogP contribution in [0.3, 0.4) is 0 Å². The van der Waals surface area contributed by atoms with Gasteiger partial charge in [0.15, 0.2) is 0 Å². The molecule has 4 heteroatoms. The van der Waals surface area contributed by atoms with Gasteiger partial charge in [0.25, 0.3) is 0 Å². The quantitative estimate of drug-likeness (QED) is 0.884. The Morgan fingerprint density at radius 2 is 2.28 bits per heavy atom. The number of furan rings is 1. The van der Waals surface area contributed by atoms with Crippen LogP contribution in [0.2, 0.25) is 0 Å². The number of halogens is 1. The predicted molar refractivity (Wildman–Crippen MR) is 75.4 cm³/mol. The summed E-state index contributed by atoms with van der Waals surface area (Å²) in [5.41, 5.74) is 1.04. The van der Waals surface area contributed by atoms with E-state index in [-0.39, 0.29) is 6.04 Å². The average molecular weight is 309 g/mol. The molecule has 0 bridgehead atoms. The van der Waals surface area contributed by atoms with Gasteiger partial charge < -0.3 is 9.73 Å². The summed E-state index contributed by atoms with van der Waals surface area (Å²) in [5.74, 6) is 0.980. The number of rotatable bonds is 6. The smallest absolute Gasteiger partial charge is 0.105 e. The van der Waals surface area contributed by atoms with Crippen LogP contribution in [0.5, 0.6) is 0 Å². The fourth-order valence-corrected chi connectivity index (χ4v) is 2.06. The number of hydrogen-bond acceptors (Lipinski definition) is 3. The Bertz CT molecular complexity index is 453. The first kappa shape index (κ1) is 13.3. The van der Waals surface area contributed by atoms with E-state index in [2.05, 4.69) is 33.2 Å². The Labute approximate surface area is 116 Å². The topological polar surface area (TPSA) is 38.1 Å². The van der Waals surface area contributed by atoms with Crippen molar-refractivity contribution in [1.82, 2.24) is 10.3 Å². The minimum Gasteiger partial charge on any atom is -0.469 e. The highest BCUT2D eigenvalue weighted by Crippen LogP contribution is 2.18. The average Bonchev–Trinajstić information content (AvgIpc) is 2.88. The highest BCUT2D eigenvalue weighted by Gasteiger charge is 2.14. The molecular weight excluding hydrogens is 292 g/mol. The summed E-state index contributed by atoms with van der Waals surface area (Å²) in [5, 5.41) is 3.51. The summed E-state index contributed by atoms with van der Waals surface area (Å²) >= 11 is 3.41. The van der Waals surface area contributed by atoms with Gasteiger partial charge in [-0.05, 0) is 53.2 Å². The summed E-state index contributed by atoms with van der Waals surface area (Å²) in [6.45, 7) is 3.13. The lowest BCUT2D eigenvalue weighted by molar-refractivity contribution is 0.444. The molecule has 0 spiro atoms. The largest absolute Gasteiger partial charge is 0.469 e. The van der Waals surface area contributed by atoms with Gasteiger partial charge in [0.1, 0.15) is 5.76 Å². The Balaban J connectivity index is 2.11. The number of nitrogens with one attached hydrogen (secondary N) is 1. The maximum absolute atomic E-state index is 5.41. The van der Waals surface area contributed by atoms with Crippen LogP contribution in [0.15, 0.2) is 45.6 Å². The van der Waals surface area contributed by atoms with E-state index in [1.165, 1.54) is 0 Å². The lowest BCUT2D eigenvalue weighted by Gasteiger charge is -2.16. The second-order valence-corrected chi connectivity index (χ2v) is 5.11. The Morgan fingerprint density at radius 3 is 2.89 bits per heavy atom. The first-order valence-corrected chi connectivity index (χ1v) is 6.96. The van der Waals surface area contributed by atoms with E-state index in [1.54, 1.807) is 6.26 Å². The first-order chi connectivity index (χ1) is 8.79. The number of aromatic nitrogens is 1. The lowest BCUT2D eigenvalue weighted by Crippen LogP contribution is -2.24. The van der Waals surface area contributed by atoms with Gasteiger partial charge in [0.05, 0.1) is 18.0 Å². The molecule has 2 rings (SSSR count). The molecule has 1 unspecified atom stereocenters. The summed E-state index contributed by atoms with van der Waals surface area (Å²) in [6.07, 6.45) is 5.46. The van der Waals surface area contributed by atoms with E-state index in [0.29, 0.717) is 0 Å². The van der Waals surface area contributed by atoms with Crippen LogP contribution in [0.1, 0.15) is 30.8 Å². The fourth-order valence-electron chi connectivity index (χ4n) is 1.82. The van der Waals surface area contributed by atoms with E-state index < -0.39 is 0 Å². The predicted octanol–water partition coefficient (Wildman–Crippen LogP) is 3.72. The molecule has 96 valence electrons. The third-order valence-electron chi connectivity index (χ3n) is 2.73. The molecule has 2 aromatic rings. The monoisotopic (exact) mass is 308 g/mol. The standard InChI is InChI=1S/C14H17BrN2O/c1-2-7-16-14(9-12-4-3-8-18-12)13-6-5-11(15)10-17-13/h3-6,8,10,14,16H,2,7,9H2,1H3. The van der Waals surface area contributed by atoms with Gasteiger partial charge >= 0.3 is 0 Å². The number of hydrogen-bond donors (Lipinski definition) is 1. The molecule has 0 fully saturated rings. The Hall–Kier alpha value is -1.13. The van der Waals surface area contributed by atoms with Gasteiger partial charge in [-0.2, -0.15) is 0 Å². The van der Waals surface area contributed by atoms with Gasteiger partial charge in [-0.25, -0.2) is 0 Å². The zero-order chi connectivity index (χ0) is 12.8. The molecule has 2 heterocycles. The Morgan fingerprint density at radius 1 is 1.39 bits per heavy atom. The van der Waals surface area contributed by atoms with Crippen molar-refractivity contribution in [2.45, 2.75) is 25.8 Å². The van der Waals surface area contributed by atoms with Crippen LogP contribution in [-0.2, 0) is 6.42 Å². The molecule has 0 aliphatic heterocycles. The normalized spacial score (nSPS) is 12.6. The van der Waals surface area contributed by atoms with Crippen molar-refractivity contribution < 1.29 is 4.42 Å². The highest BCUT2D eigenvalue weighted by molar-refractivity contribution is 9.10. The minimum atomic E-state index is 0.198. The van der Waals surface area contributed by atoms with Crippen LogP contribution in [0.25, 0.3) is 0 Å². The molecule has 1 atom stereocenters. The van der Waals surface area contributed by atoms with Crippen LogP contribution >= 0.6 is 15.9 Å². The lowest BCUT2D eigenvalue weighted by atomic mass is 10.1. The van der Waals surface area contributed by atoms with Gasteiger partial charge in [-0.3, -0.25) is 4.98 Å². The van der Waals surface area contributed by atoms with Crippen molar-refractivity contribution in [1.29, 1.82) is 0 Å². The van der Waals surface area contributed by atoms with Crippen molar-refractivity contribution in [3.05, 3.63) is 52.7 Å². The van der Waals surface area contributed by atoms with E-state index >= 15 is 0 Å². The van der Waals surface area contributed by atoms with Gasteiger partial charge in [0.2, 0.25) is 0 Å². The molecule has 2 aromatic heterocycles. The molecule has 3 nitrogen and oxygen atoms in total. The van der Waals surface area contributed by atoms with Crippen molar-refractivity contribution in [3.63, 3.8) is 0 Å². The minimum absolute atomic E-state index is 0.198. The molecule has 0 aliphatic carbocycles. The van der Waals surface area contributed by atoms with E-state index in [0.717, 1.165) is 35.3 Å². The SMILES string of the molecule is CCCNC(Cc1ccco1)c1ccc(Br)cn1. The third kappa shape index (κ3) is 3.68. The highest BCUT2D eigenvalue weighted by atomic mass is 79.9. The van der Waals surface area contributed by atoms with Gasteiger partial charge in [-0.1, -0.05) is 6.92 Å². The molecule has 0 saturated heterocycles. The van der Waals surface area contributed by atoms with Crippen LogP contribution in [0, 0.1) is 0 Å².